The van der Waals surface area contributed by atoms with Crippen molar-refractivity contribution in [3.8, 4) is 0 Å². The highest BCUT2D eigenvalue weighted by molar-refractivity contribution is 7.92. The van der Waals surface area contributed by atoms with Gasteiger partial charge in [-0.3, -0.25) is 4.72 Å². The minimum absolute atomic E-state index is 0.212. The molecule has 1 aliphatic heterocycles. The Hall–Kier alpha value is -2.67. The first-order valence-electron chi connectivity index (χ1n) is 9.93. The molecule has 0 amide bonds. The topological polar surface area (TPSA) is 75.2 Å². The fourth-order valence-corrected chi connectivity index (χ4v) is 5.02. The summed E-state index contributed by atoms with van der Waals surface area (Å²) in [5, 5.41) is 0. The van der Waals surface area contributed by atoms with Gasteiger partial charge < -0.3 is 4.90 Å². The van der Waals surface area contributed by atoms with Crippen LogP contribution in [0.1, 0.15) is 25.8 Å². The molecule has 1 aliphatic rings. The van der Waals surface area contributed by atoms with E-state index in [1.54, 1.807) is 24.3 Å². The molecule has 0 unspecified atom stereocenters. The second kappa shape index (κ2) is 7.63. The minimum Gasteiger partial charge on any atom is -0.353 e. The molecule has 2 atom stereocenters. The van der Waals surface area contributed by atoms with Crippen molar-refractivity contribution in [2.45, 2.75) is 32.1 Å². The van der Waals surface area contributed by atoms with Gasteiger partial charge >= 0.3 is 0 Å². The Bertz CT molecular complexity index is 1120. The molecular formula is C22H26N4O2S. The van der Waals surface area contributed by atoms with Crippen molar-refractivity contribution in [3.63, 3.8) is 0 Å². The zero-order chi connectivity index (χ0) is 20.6. The third kappa shape index (κ3) is 4.19. The van der Waals surface area contributed by atoms with Crippen molar-refractivity contribution < 1.29 is 8.42 Å². The average molecular weight is 411 g/mol. The van der Waals surface area contributed by atoms with E-state index in [4.69, 9.17) is 4.98 Å². The van der Waals surface area contributed by atoms with Gasteiger partial charge in [-0.25, -0.2) is 18.4 Å². The summed E-state index contributed by atoms with van der Waals surface area (Å²) in [6, 6.07) is 14.3. The molecule has 1 fully saturated rings. The summed E-state index contributed by atoms with van der Waals surface area (Å²) < 4.78 is 28.7. The standard InChI is InChI=1S/C22H26N4O2S/c1-15-8-10-18(11-9-15)29(27,28)25-21-22(26-13-16(2)12-17(3)14-26)24-20-7-5-4-6-19(20)23-21/h4-11,16-17H,12-14H2,1-3H3,(H,23,25)/t16-,17+. The Morgan fingerprint density at radius 2 is 1.52 bits per heavy atom. The monoisotopic (exact) mass is 410 g/mol. The van der Waals surface area contributed by atoms with Crippen molar-refractivity contribution in [3.05, 3.63) is 54.1 Å². The number of aromatic nitrogens is 2. The first kappa shape index (κ1) is 19.6. The first-order valence-corrected chi connectivity index (χ1v) is 11.4. The normalized spacial score (nSPS) is 20.0. The molecule has 3 aromatic rings. The van der Waals surface area contributed by atoms with E-state index in [1.165, 1.54) is 0 Å². The van der Waals surface area contributed by atoms with E-state index < -0.39 is 10.0 Å². The number of nitrogens with zero attached hydrogens (tertiary/aromatic N) is 3. The third-order valence-corrected chi connectivity index (χ3v) is 6.64. The molecular weight excluding hydrogens is 384 g/mol. The summed E-state index contributed by atoms with van der Waals surface area (Å²) in [4.78, 5) is 11.8. The van der Waals surface area contributed by atoms with Crippen molar-refractivity contribution >= 4 is 32.7 Å². The van der Waals surface area contributed by atoms with E-state index >= 15 is 0 Å². The summed E-state index contributed by atoms with van der Waals surface area (Å²) in [6.45, 7) is 8.02. The van der Waals surface area contributed by atoms with Crippen LogP contribution in [0.3, 0.4) is 0 Å². The molecule has 1 saturated heterocycles. The maximum absolute atomic E-state index is 13.0. The first-order chi connectivity index (χ1) is 13.8. The van der Waals surface area contributed by atoms with Crippen LogP contribution in [-0.4, -0.2) is 31.5 Å². The van der Waals surface area contributed by atoms with Gasteiger partial charge in [0.15, 0.2) is 11.6 Å². The predicted octanol–water partition coefficient (Wildman–Crippen LogP) is 4.22. The molecule has 0 bridgehead atoms. The lowest BCUT2D eigenvalue weighted by Gasteiger charge is -2.36. The molecule has 4 rings (SSSR count). The molecule has 6 nitrogen and oxygen atoms in total. The van der Waals surface area contributed by atoms with Gasteiger partial charge in [0, 0.05) is 13.1 Å². The Labute approximate surface area is 172 Å². The van der Waals surface area contributed by atoms with Crippen LogP contribution < -0.4 is 9.62 Å². The number of aryl methyl sites for hydroxylation is 1. The Kier molecular flexibility index (Phi) is 5.17. The maximum Gasteiger partial charge on any atom is 0.263 e. The van der Waals surface area contributed by atoms with Gasteiger partial charge in [-0.1, -0.05) is 43.7 Å². The summed E-state index contributed by atoms with van der Waals surface area (Å²) in [5.74, 6) is 1.89. The van der Waals surface area contributed by atoms with Crippen LogP contribution in [0.5, 0.6) is 0 Å². The van der Waals surface area contributed by atoms with Crippen LogP contribution in [0.15, 0.2) is 53.4 Å². The zero-order valence-electron chi connectivity index (χ0n) is 17.0. The number of rotatable bonds is 4. The Morgan fingerprint density at radius 1 is 0.931 bits per heavy atom. The maximum atomic E-state index is 13.0. The number of hydrogen-bond donors (Lipinski definition) is 1. The highest BCUT2D eigenvalue weighted by atomic mass is 32.2. The number of benzene rings is 2. The van der Waals surface area contributed by atoms with E-state index in [2.05, 4.69) is 28.5 Å². The van der Waals surface area contributed by atoms with Gasteiger partial charge in [-0.15, -0.1) is 0 Å². The minimum atomic E-state index is -3.77. The molecule has 1 N–H and O–H groups in total. The van der Waals surface area contributed by atoms with Crippen LogP contribution in [0.25, 0.3) is 11.0 Å². The highest BCUT2D eigenvalue weighted by Gasteiger charge is 2.27. The lowest BCUT2D eigenvalue weighted by molar-refractivity contribution is 0.355. The lowest BCUT2D eigenvalue weighted by atomic mass is 9.92. The largest absolute Gasteiger partial charge is 0.353 e. The molecule has 0 saturated carbocycles. The fraction of sp³-hybridized carbons (Fsp3) is 0.364. The fourth-order valence-electron chi connectivity index (χ4n) is 4.02. The van der Waals surface area contributed by atoms with Crippen LogP contribution in [0.2, 0.25) is 0 Å². The van der Waals surface area contributed by atoms with Gasteiger partial charge in [-0.05, 0) is 49.4 Å². The van der Waals surface area contributed by atoms with Gasteiger partial charge in [0.25, 0.3) is 10.0 Å². The Morgan fingerprint density at radius 3 is 2.14 bits per heavy atom. The molecule has 7 heteroatoms. The number of nitrogens with one attached hydrogen (secondary N) is 1. The second-order valence-corrected chi connectivity index (χ2v) is 9.84. The molecule has 0 radical (unpaired) electrons. The van der Waals surface area contributed by atoms with Crippen LogP contribution in [-0.2, 0) is 10.0 Å². The van der Waals surface area contributed by atoms with Crippen LogP contribution in [0.4, 0.5) is 11.6 Å². The number of piperidine rings is 1. The molecule has 29 heavy (non-hydrogen) atoms. The third-order valence-electron chi connectivity index (χ3n) is 5.28. The highest BCUT2D eigenvalue weighted by Crippen LogP contribution is 2.32. The molecule has 152 valence electrons. The SMILES string of the molecule is Cc1ccc(S(=O)(=O)Nc2nc3ccccc3nc2N2C[C@H](C)C[C@H](C)C2)cc1. The molecule has 2 heterocycles. The van der Waals surface area contributed by atoms with Crippen LogP contribution in [0, 0.1) is 18.8 Å². The van der Waals surface area contributed by atoms with Crippen molar-refractivity contribution in [2.24, 2.45) is 11.8 Å². The summed E-state index contributed by atoms with van der Waals surface area (Å²) in [7, 11) is -3.77. The van der Waals surface area contributed by atoms with Gasteiger partial charge in [0.2, 0.25) is 0 Å². The summed E-state index contributed by atoms with van der Waals surface area (Å²) in [5.41, 5.74) is 2.43. The number of para-hydroxylation sites is 2. The van der Waals surface area contributed by atoms with Gasteiger partial charge in [-0.2, -0.15) is 0 Å². The number of hydrogen-bond acceptors (Lipinski definition) is 5. The van der Waals surface area contributed by atoms with Crippen molar-refractivity contribution in [1.29, 1.82) is 0 Å². The predicted molar refractivity (Wildman–Crippen MR) is 117 cm³/mol. The Balaban J connectivity index is 1.78. The lowest BCUT2D eigenvalue weighted by Crippen LogP contribution is -2.39. The molecule has 0 spiro atoms. The number of sulfonamides is 1. The number of fused-ring (bicyclic) bond motifs is 1. The van der Waals surface area contributed by atoms with Crippen molar-refractivity contribution in [1.82, 2.24) is 9.97 Å². The average Bonchev–Trinajstić information content (AvgIpc) is 2.66. The second-order valence-electron chi connectivity index (χ2n) is 8.15. The van der Waals surface area contributed by atoms with E-state index in [9.17, 15) is 8.42 Å². The van der Waals surface area contributed by atoms with E-state index in [0.717, 1.165) is 30.6 Å². The van der Waals surface area contributed by atoms with Crippen LogP contribution >= 0.6 is 0 Å². The number of anilines is 2. The quantitative estimate of drug-likeness (QED) is 0.697. The van der Waals surface area contributed by atoms with Gasteiger partial charge in [0.1, 0.15) is 0 Å². The van der Waals surface area contributed by atoms with Gasteiger partial charge in [0.05, 0.1) is 15.9 Å². The summed E-state index contributed by atoms with van der Waals surface area (Å²) in [6.07, 6.45) is 1.15. The molecule has 0 aliphatic carbocycles. The van der Waals surface area contributed by atoms with E-state index in [0.29, 0.717) is 23.2 Å². The summed E-state index contributed by atoms with van der Waals surface area (Å²) >= 11 is 0. The van der Waals surface area contributed by atoms with Crippen molar-refractivity contribution in [2.75, 3.05) is 22.7 Å². The van der Waals surface area contributed by atoms with E-state index in [-0.39, 0.29) is 10.7 Å². The smallest absolute Gasteiger partial charge is 0.263 e. The zero-order valence-corrected chi connectivity index (χ0v) is 17.8. The van der Waals surface area contributed by atoms with E-state index in [1.807, 2.05) is 31.2 Å². The molecule has 1 aromatic heterocycles. The molecule has 2 aromatic carbocycles.